The van der Waals surface area contributed by atoms with Crippen LogP contribution in [0.15, 0.2) is 15.2 Å². The van der Waals surface area contributed by atoms with E-state index in [1.165, 1.54) is 0 Å². The Hall–Kier alpha value is -1.34. The highest BCUT2D eigenvalue weighted by molar-refractivity contribution is 7.07. The van der Waals surface area contributed by atoms with Gasteiger partial charge in [0.15, 0.2) is 0 Å². The van der Waals surface area contributed by atoms with E-state index in [9.17, 15) is 4.79 Å². The topological polar surface area (TPSA) is 95.3 Å². The van der Waals surface area contributed by atoms with E-state index in [0.717, 1.165) is 29.9 Å². The summed E-state index contributed by atoms with van der Waals surface area (Å²) >= 11 is 1.14. The summed E-state index contributed by atoms with van der Waals surface area (Å²) < 4.78 is 0. The molecular weight excluding hydrogens is 214 g/mol. The first-order valence-corrected chi connectivity index (χ1v) is 5.60. The van der Waals surface area contributed by atoms with Crippen LogP contribution in [0.5, 0.6) is 0 Å². The van der Waals surface area contributed by atoms with E-state index in [1.807, 2.05) is 0 Å². The van der Waals surface area contributed by atoms with E-state index in [0.29, 0.717) is 18.5 Å². The fourth-order valence-electron chi connectivity index (χ4n) is 1.11. The zero-order valence-electron chi connectivity index (χ0n) is 8.12. The summed E-state index contributed by atoms with van der Waals surface area (Å²) in [4.78, 5) is 17.7. The molecule has 5 N–H and O–H groups in total. The summed E-state index contributed by atoms with van der Waals surface area (Å²) in [7, 11) is 0. The van der Waals surface area contributed by atoms with Crippen LogP contribution in [0, 0.1) is 0 Å². The van der Waals surface area contributed by atoms with Crippen molar-refractivity contribution in [2.24, 2.45) is 10.8 Å². The van der Waals surface area contributed by atoms with Gasteiger partial charge in [-0.2, -0.15) is 0 Å². The Morgan fingerprint density at radius 3 is 3.07 bits per heavy atom. The fourth-order valence-corrected chi connectivity index (χ4v) is 1.68. The van der Waals surface area contributed by atoms with Crippen LogP contribution in [-0.4, -0.2) is 17.0 Å². The van der Waals surface area contributed by atoms with Crippen molar-refractivity contribution < 1.29 is 0 Å². The molecule has 2 rings (SSSR count). The molecule has 1 heterocycles. The van der Waals surface area contributed by atoms with Crippen LogP contribution in [0.25, 0.3) is 0 Å². The molecule has 1 aliphatic carbocycles. The van der Waals surface area contributed by atoms with Gasteiger partial charge in [-0.1, -0.05) is 11.3 Å². The van der Waals surface area contributed by atoms with Crippen molar-refractivity contribution in [2.75, 3.05) is 0 Å². The van der Waals surface area contributed by atoms with Crippen LogP contribution in [0.1, 0.15) is 18.5 Å². The molecule has 1 aliphatic rings. The summed E-state index contributed by atoms with van der Waals surface area (Å²) in [6.07, 6.45) is 2.33. The number of thiazole rings is 1. The normalized spacial score (nSPS) is 16.5. The highest BCUT2D eigenvalue weighted by Crippen LogP contribution is 2.18. The second-order valence-electron chi connectivity index (χ2n) is 3.40. The van der Waals surface area contributed by atoms with Crippen molar-refractivity contribution in [3.63, 3.8) is 0 Å². The quantitative estimate of drug-likeness (QED) is 0.242. The number of rotatable bonds is 3. The first-order chi connectivity index (χ1) is 7.28. The minimum atomic E-state index is -0.0578. The zero-order valence-corrected chi connectivity index (χ0v) is 8.93. The second-order valence-corrected chi connectivity index (χ2v) is 4.24. The summed E-state index contributed by atoms with van der Waals surface area (Å²) in [5.74, 6) is 5.88. The smallest absolute Gasteiger partial charge is 0.304 e. The molecule has 1 aromatic rings. The highest BCUT2D eigenvalue weighted by atomic mass is 32.1. The fraction of sp³-hybridized carbons (Fsp3) is 0.500. The molecule has 0 amide bonds. The molecule has 82 valence electrons. The van der Waals surface area contributed by atoms with Gasteiger partial charge in [-0.05, 0) is 12.8 Å². The largest absolute Gasteiger partial charge is 0.353 e. The Morgan fingerprint density at radius 2 is 2.53 bits per heavy atom. The number of H-pyrrole nitrogens is 1. The predicted octanol–water partition coefficient (Wildman–Crippen LogP) is -0.492. The molecule has 0 radical (unpaired) electrons. The van der Waals surface area contributed by atoms with Gasteiger partial charge in [0.25, 0.3) is 0 Å². The third-order valence-electron chi connectivity index (χ3n) is 2.03. The molecule has 0 atom stereocenters. The van der Waals surface area contributed by atoms with Crippen molar-refractivity contribution in [3.05, 3.63) is 20.7 Å². The van der Waals surface area contributed by atoms with E-state index in [2.05, 4.69) is 20.7 Å². The lowest BCUT2D eigenvalue weighted by molar-refractivity contribution is 0.817. The SMILES string of the molecule is NNC(=NCc1csc(=O)[nH]1)NC1CC1. The number of nitrogens with two attached hydrogens (primary N) is 1. The van der Waals surface area contributed by atoms with Gasteiger partial charge >= 0.3 is 4.87 Å². The average Bonchev–Trinajstić information content (AvgIpc) is 2.95. The maximum atomic E-state index is 10.9. The lowest BCUT2D eigenvalue weighted by Gasteiger charge is -2.06. The average molecular weight is 227 g/mol. The number of nitrogens with zero attached hydrogens (tertiary/aromatic N) is 1. The minimum Gasteiger partial charge on any atom is -0.353 e. The molecule has 0 unspecified atom stereocenters. The van der Waals surface area contributed by atoms with Crippen LogP contribution in [0.2, 0.25) is 0 Å². The van der Waals surface area contributed by atoms with Crippen LogP contribution in [0.3, 0.4) is 0 Å². The van der Waals surface area contributed by atoms with Gasteiger partial charge in [0.1, 0.15) is 0 Å². The van der Waals surface area contributed by atoms with E-state index in [1.54, 1.807) is 5.38 Å². The molecule has 1 aromatic heterocycles. The maximum absolute atomic E-state index is 10.9. The van der Waals surface area contributed by atoms with E-state index in [-0.39, 0.29) is 4.87 Å². The van der Waals surface area contributed by atoms with Gasteiger partial charge in [-0.25, -0.2) is 10.8 Å². The molecule has 6 nitrogen and oxygen atoms in total. The number of hydrogen-bond donors (Lipinski definition) is 4. The van der Waals surface area contributed by atoms with E-state index in [4.69, 9.17) is 5.84 Å². The van der Waals surface area contributed by atoms with Gasteiger partial charge < -0.3 is 10.3 Å². The number of hydrazine groups is 1. The number of aliphatic imine (C=N–C) groups is 1. The Kier molecular flexibility index (Phi) is 3.02. The van der Waals surface area contributed by atoms with Gasteiger partial charge in [0.2, 0.25) is 5.96 Å². The van der Waals surface area contributed by atoms with Crippen molar-refractivity contribution in [1.82, 2.24) is 15.7 Å². The summed E-state index contributed by atoms with van der Waals surface area (Å²) in [5.41, 5.74) is 3.30. The molecule has 0 aliphatic heterocycles. The second kappa shape index (κ2) is 4.45. The number of nitrogens with one attached hydrogen (secondary N) is 3. The standard InChI is InChI=1S/C8H13N5OS/c9-13-7(11-5-1-2-5)10-3-6-4-15-8(14)12-6/h4-5H,1-3,9H2,(H,12,14)(H2,10,11,13). The first-order valence-electron chi connectivity index (χ1n) is 4.72. The summed E-state index contributed by atoms with van der Waals surface area (Å²) in [5, 5.41) is 4.90. The lowest BCUT2D eigenvalue weighted by Crippen LogP contribution is -2.42. The minimum absolute atomic E-state index is 0.0578. The van der Waals surface area contributed by atoms with Crippen molar-refractivity contribution >= 4 is 17.3 Å². The van der Waals surface area contributed by atoms with Crippen molar-refractivity contribution in [1.29, 1.82) is 0 Å². The van der Waals surface area contributed by atoms with Crippen LogP contribution < -0.4 is 21.5 Å². The molecule has 0 bridgehead atoms. The lowest BCUT2D eigenvalue weighted by atomic mass is 10.5. The Bertz CT molecular complexity index is 405. The molecule has 0 spiro atoms. The number of aromatic nitrogens is 1. The van der Waals surface area contributed by atoms with Crippen LogP contribution in [-0.2, 0) is 6.54 Å². The maximum Gasteiger partial charge on any atom is 0.304 e. The number of guanidine groups is 1. The third-order valence-corrected chi connectivity index (χ3v) is 2.75. The van der Waals surface area contributed by atoms with Crippen molar-refractivity contribution in [3.8, 4) is 0 Å². The van der Waals surface area contributed by atoms with Crippen molar-refractivity contribution in [2.45, 2.75) is 25.4 Å². The van der Waals surface area contributed by atoms with Gasteiger partial charge in [-0.15, -0.1) is 0 Å². The number of hydrogen-bond acceptors (Lipinski definition) is 4. The van der Waals surface area contributed by atoms with Gasteiger partial charge in [0, 0.05) is 11.4 Å². The van der Waals surface area contributed by atoms with E-state index >= 15 is 0 Å². The van der Waals surface area contributed by atoms with Crippen LogP contribution >= 0.6 is 11.3 Å². The summed E-state index contributed by atoms with van der Waals surface area (Å²) in [6.45, 7) is 0.429. The van der Waals surface area contributed by atoms with Crippen LogP contribution in [0.4, 0.5) is 0 Å². The van der Waals surface area contributed by atoms with Gasteiger partial charge in [-0.3, -0.25) is 10.2 Å². The first kappa shape index (κ1) is 10.2. The molecule has 0 saturated heterocycles. The Labute approximate surface area is 90.6 Å². The molecule has 0 aromatic carbocycles. The van der Waals surface area contributed by atoms with Gasteiger partial charge in [0.05, 0.1) is 12.2 Å². The Morgan fingerprint density at radius 1 is 1.73 bits per heavy atom. The molecule has 1 saturated carbocycles. The Balaban J connectivity index is 1.92. The molecule has 7 heteroatoms. The highest BCUT2D eigenvalue weighted by Gasteiger charge is 2.21. The third kappa shape index (κ3) is 3.07. The molecular formula is C8H13N5OS. The molecule has 1 fully saturated rings. The van der Waals surface area contributed by atoms with E-state index < -0.39 is 0 Å². The summed E-state index contributed by atoms with van der Waals surface area (Å²) in [6, 6.07) is 0.501. The number of aromatic amines is 1. The molecule has 15 heavy (non-hydrogen) atoms. The monoisotopic (exact) mass is 227 g/mol. The zero-order chi connectivity index (χ0) is 10.7. The predicted molar refractivity (Wildman–Crippen MR) is 59.6 cm³/mol.